The van der Waals surface area contributed by atoms with Gasteiger partial charge in [-0.1, -0.05) is 53.8 Å². The highest BCUT2D eigenvalue weighted by Crippen LogP contribution is 2.27. The van der Waals surface area contributed by atoms with Gasteiger partial charge in [0.15, 0.2) is 5.13 Å². The number of carbonyl (C=O) groups is 2. The Morgan fingerprint density at radius 2 is 1.78 bits per heavy atom. The molecule has 0 aliphatic carbocycles. The van der Waals surface area contributed by atoms with Gasteiger partial charge in [0, 0.05) is 11.3 Å². The molecule has 0 aliphatic rings. The van der Waals surface area contributed by atoms with Crippen molar-refractivity contribution in [2.45, 2.75) is 33.6 Å². The standard InChI is InChI=1S/C24H23N3O3S2/c1-4-30-23(29)22-15(3)26-24(32-22)27-20(28)13-19-14(2)25-21(31-19)12-17-10-7-9-16-8-5-6-11-18(16)17/h5-11H,4,12-13H2,1-3H3,(H,26,27,28). The number of aromatic nitrogens is 2. The van der Waals surface area contributed by atoms with E-state index in [1.807, 2.05) is 19.1 Å². The average molecular weight is 466 g/mol. The number of fused-ring (bicyclic) bond motifs is 1. The molecule has 0 saturated heterocycles. The summed E-state index contributed by atoms with van der Waals surface area (Å²) in [6.07, 6.45) is 0.940. The number of amides is 1. The summed E-state index contributed by atoms with van der Waals surface area (Å²) in [4.78, 5) is 34.9. The van der Waals surface area contributed by atoms with Crippen LogP contribution >= 0.6 is 22.7 Å². The van der Waals surface area contributed by atoms with Crippen molar-refractivity contribution in [2.24, 2.45) is 0 Å². The molecule has 8 heteroatoms. The van der Waals surface area contributed by atoms with Gasteiger partial charge in [-0.3, -0.25) is 4.79 Å². The minimum atomic E-state index is -0.417. The van der Waals surface area contributed by atoms with Crippen LogP contribution in [-0.4, -0.2) is 28.5 Å². The lowest BCUT2D eigenvalue weighted by Gasteiger charge is -2.04. The molecule has 2 aromatic heterocycles. The van der Waals surface area contributed by atoms with Crippen molar-refractivity contribution < 1.29 is 14.3 Å². The first kappa shape index (κ1) is 22.1. The van der Waals surface area contributed by atoms with E-state index in [0.29, 0.717) is 22.3 Å². The summed E-state index contributed by atoms with van der Waals surface area (Å²) in [5, 5.41) is 6.61. The van der Waals surface area contributed by atoms with Gasteiger partial charge in [0.2, 0.25) is 5.91 Å². The van der Waals surface area contributed by atoms with E-state index in [-0.39, 0.29) is 12.3 Å². The largest absolute Gasteiger partial charge is 0.462 e. The number of ether oxygens (including phenoxy) is 1. The van der Waals surface area contributed by atoms with Crippen LogP contribution in [0.4, 0.5) is 5.13 Å². The van der Waals surface area contributed by atoms with E-state index in [2.05, 4.69) is 40.6 Å². The van der Waals surface area contributed by atoms with Gasteiger partial charge in [-0.05, 0) is 37.1 Å². The number of nitrogens with one attached hydrogen (secondary N) is 1. The number of benzene rings is 2. The number of esters is 1. The molecule has 0 atom stereocenters. The van der Waals surface area contributed by atoms with Crippen molar-refractivity contribution in [2.75, 3.05) is 11.9 Å². The molecule has 0 unspecified atom stereocenters. The third kappa shape index (κ3) is 4.87. The Labute approximate surface area is 194 Å². The Morgan fingerprint density at radius 1 is 1.00 bits per heavy atom. The zero-order valence-corrected chi connectivity index (χ0v) is 19.7. The first-order valence-corrected chi connectivity index (χ1v) is 11.9. The molecular formula is C24H23N3O3S2. The minimum Gasteiger partial charge on any atom is -0.462 e. The average Bonchev–Trinajstić information content (AvgIpc) is 3.29. The molecule has 1 N–H and O–H groups in total. The summed E-state index contributed by atoms with van der Waals surface area (Å²) < 4.78 is 5.03. The maximum absolute atomic E-state index is 12.6. The van der Waals surface area contributed by atoms with Crippen LogP contribution in [-0.2, 0) is 22.4 Å². The molecule has 0 saturated carbocycles. The van der Waals surface area contributed by atoms with Crippen LogP contribution in [0.15, 0.2) is 42.5 Å². The highest BCUT2D eigenvalue weighted by molar-refractivity contribution is 7.17. The molecule has 0 bridgehead atoms. The topological polar surface area (TPSA) is 81.2 Å². The highest BCUT2D eigenvalue weighted by Gasteiger charge is 2.19. The number of hydrogen-bond donors (Lipinski definition) is 1. The van der Waals surface area contributed by atoms with Crippen LogP contribution in [0.1, 0.15) is 43.4 Å². The Balaban J connectivity index is 1.45. The first-order chi connectivity index (χ1) is 15.4. The second kappa shape index (κ2) is 9.58. The van der Waals surface area contributed by atoms with Crippen molar-refractivity contribution in [1.82, 2.24) is 9.97 Å². The predicted molar refractivity (Wildman–Crippen MR) is 129 cm³/mol. The molecule has 1 amide bonds. The van der Waals surface area contributed by atoms with Crippen LogP contribution in [0.2, 0.25) is 0 Å². The van der Waals surface area contributed by atoms with E-state index >= 15 is 0 Å². The van der Waals surface area contributed by atoms with Gasteiger partial charge in [-0.15, -0.1) is 11.3 Å². The smallest absolute Gasteiger partial charge is 0.350 e. The van der Waals surface area contributed by atoms with Crippen molar-refractivity contribution in [1.29, 1.82) is 0 Å². The molecule has 2 heterocycles. The van der Waals surface area contributed by atoms with Crippen molar-refractivity contribution in [3.63, 3.8) is 0 Å². The molecule has 4 aromatic rings. The molecule has 0 spiro atoms. The highest BCUT2D eigenvalue weighted by atomic mass is 32.1. The van der Waals surface area contributed by atoms with E-state index in [0.717, 1.165) is 33.3 Å². The molecule has 4 rings (SSSR count). The van der Waals surface area contributed by atoms with Gasteiger partial charge in [0.25, 0.3) is 0 Å². The molecule has 0 radical (unpaired) electrons. The third-order valence-electron chi connectivity index (χ3n) is 4.98. The Hall–Kier alpha value is -3.10. The van der Waals surface area contributed by atoms with Crippen LogP contribution < -0.4 is 5.32 Å². The fraction of sp³-hybridized carbons (Fsp3) is 0.250. The van der Waals surface area contributed by atoms with Gasteiger partial charge in [0.1, 0.15) is 4.88 Å². The van der Waals surface area contributed by atoms with Crippen LogP contribution in [0.3, 0.4) is 0 Å². The maximum Gasteiger partial charge on any atom is 0.350 e. The molecule has 2 aromatic carbocycles. The quantitative estimate of drug-likeness (QED) is 0.374. The molecule has 0 fully saturated rings. The Kier molecular flexibility index (Phi) is 6.62. The molecule has 164 valence electrons. The molecular weight excluding hydrogens is 442 g/mol. The van der Waals surface area contributed by atoms with Crippen LogP contribution in [0.5, 0.6) is 0 Å². The normalized spacial score (nSPS) is 11.0. The lowest BCUT2D eigenvalue weighted by molar-refractivity contribution is -0.115. The molecule has 6 nitrogen and oxygen atoms in total. The number of aryl methyl sites for hydroxylation is 2. The fourth-order valence-electron chi connectivity index (χ4n) is 3.48. The molecule has 0 aliphatic heterocycles. The van der Waals surface area contributed by atoms with E-state index in [4.69, 9.17) is 9.72 Å². The first-order valence-electron chi connectivity index (χ1n) is 10.3. The monoisotopic (exact) mass is 465 g/mol. The van der Waals surface area contributed by atoms with Crippen molar-refractivity contribution in [3.05, 3.63) is 74.2 Å². The SMILES string of the molecule is CCOC(=O)c1sc(NC(=O)Cc2sc(Cc3cccc4ccccc34)nc2C)nc1C. The van der Waals surface area contributed by atoms with E-state index in [1.165, 1.54) is 16.3 Å². The van der Waals surface area contributed by atoms with Gasteiger partial charge in [-0.25, -0.2) is 14.8 Å². The lowest BCUT2D eigenvalue weighted by atomic mass is 10.0. The number of anilines is 1. The van der Waals surface area contributed by atoms with Crippen molar-refractivity contribution >= 4 is 50.5 Å². The summed E-state index contributed by atoms with van der Waals surface area (Å²) >= 11 is 2.69. The predicted octanol–water partition coefficient (Wildman–Crippen LogP) is 5.32. The van der Waals surface area contributed by atoms with Crippen molar-refractivity contribution in [3.8, 4) is 0 Å². The second-order valence-electron chi connectivity index (χ2n) is 7.31. The fourth-order valence-corrected chi connectivity index (χ4v) is 5.45. The van der Waals surface area contributed by atoms with E-state index in [1.54, 1.807) is 25.2 Å². The van der Waals surface area contributed by atoms with Gasteiger partial charge < -0.3 is 10.1 Å². The summed E-state index contributed by atoms with van der Waals surface area (Å²) in [5.74, 6) is -0.600. The van der Waals surface area contributed by atoms with E-state index in [9.17, 15) is 9.59 Å². The van der Waals surface area contributed by atoms with Gasteiger partial charge in [0.05, 0.1) is 29.4 Å². The minimum absolute atomic E-state index is 0.183. The van der Waals surface area contributed by atoms with Gasteiger partial charge >= 0.3 is 5.97 Å². The van der Waals surface area contributed by atoms with Crippen LogP contribution in [0.25, 0.3) is 10.8 Å². The second-order valence-corrected chi connectivity index (χ2v) is 9.48. The summed E-state index contributed by atoms with van der Waals surface area (Å²) in [6.45, 7) is 5.70. The zero-order valence-electron chi connectivity index (χ0n) is 18.1. The Bertz CT molecular complexity index is 1290. The molecule has 32 heavy (non-hydrogen) atoms. The third-order valence-corrected chi connectivity index (χ3v) is 7.19. The number of nitrogens with zero attached hydrogens (tertiary/aromatic N) is 2. The van der Waals surface area contributed by atoms with Gasteiger partial charge in [-0.2, -0.15) is 0 Å². The summed E-state index contributed by atoms with van der Waals surface area (Å²) in [7, 11) is 0. The van der Waals surface area contributed by atoms with E-state index < -0.39 is 5.97 Å². The number of thiazole rings is 2. The summed E-state index contributed by atoms with van der Waals surface area (Å²) in [5.41, 5.74) is 2.63. The summed E-state index contributed by atoms with van der Waals surface area (Å²) in [6, 6.07) is 14.6. The Morgan fingerprint density at radius 3 is 2.59 bits per heavy atom. The maximum atomic E-state index is 12.6. The van der Waals surface area contributed by atoms with Crippen LogP contribution in [0, 0.1) is 13.8 Å². The number of hydrogen-bond acceptors (Lipinski definition) is 7. The zero-order chi connectivity index (χ0) is 22.7. The number of carbonyl (C=O) groups excluding carboxylic acids is 2. The number of rotatable bonds is 7. The lowest BCUT2D eigenvalue weighted by Crippen LogP contribution is -2.14.